The van der Waals surface area contributed by atoms with Gasteiger partial charge in [0.05, 0.1) is 17.5 Å². The summed E-state index contributed by atoms with van der Waals surface area (Å²) in [5.74, 6) is -3.22. The lowest BCUT2D eigenvalue weighted by atomic mass is 9.71. The van der Waals surface area contributed by atoms with Crippen LogP contribution >= 0.6 is 0 Å². The van der Waals surface area contributed by atoms with Crippen molar-refractivity contribution in [3.05, 3.63) is 93.4 Å². The minimum Gasteiger partial charge on any atom is -0.507 e. The number of benzene rings is 1. The number of carboxylic acid groups (broad SMARTS) is 2. The molecular formula is C24H20N2O6. The molecule has 0 saturated carbocycles. The zero-order chi connectivity index (χ0) is 23.0. The summed E-state index contributed by atoms with van der Waals surface area (Å²) in [6.07, 6.45) is 3.69. The summed E-state index contributed by atoms with van der Waals surface area (Å²) in [5, 5.41) is 31.0. The van der Waals surface area contributed by atoms with Gasteiger partial charge in [0.2, 0.25) is 0 Å². The molecule has 0 bridgehead atoms. The molecule has 2 aromatic heterocycles. The lowest BCUT2D eigenvalue weighted by Crippen LogP contribution is -2.43. The Morgan fingerprint density at radius 2 is 1.84 bits per heavy atom. The summed E-state index contributed by atoms with van der Waals surface area (Å²) in [4.78, 5) is 42.2. The van der Waals surface area contributed by atoms with Crippen LogP contribution in [0.2, 0.25) is 0 Å². The zero-order valence-corrected chi connectivity index (χ0v) is 17.1. The van der Waals surface area contributed by atoms with Crippen LogP contribution in [-0.2, 0) is 21.5 Å². The number of aromatic hydroxyl groups is 1. The fourth-order valence-electron chi connectivity index (χ4n) is 4.23. The van der Waals surface area contributed by atoms with Crippen molar-refractivity contribution in [2.24, 2.45) is 0 Å². The van der Waals surface area contributed by atoms with Crippen molar-refractivity contribution in [1.29, 1.82) is 0 Å². The second-order valence-electron chi connectivity index (χ2n) is 7.79. The summed E-state index contributed by atoms with van der Waals surface area (Å²) in [7, 11) is 0. The van der Waals surface area contributed by atoms with Crippen LogP contribution in [0.25, 0.3) is 11.0 Å². The van der Waals surface area contributed by atoms with Gasteiger partial charge in [-0.1, -0.05) is 42.0 Å². The minimum atomic E-state index is -2.05. The molecule has 0 spiro atoms. The number of hydrogen-bond donors (Lipinski definition) is 3. The Labute approximate surface area is 182 Å². The van der Waals surface area contributed by atoms with Gasteiger partial charge in [-0.15, -0.1) is 0 Å². The number of hydrogen-bond acceptors (Lipinski definition) is 5. The number of pyridine rings is 2. The van der Waals surface area contributed by atoms with Crippen molar-refractivity contribution in [3.8, 4) is 5.75 Å². The topological polar surface area (TPSA) is 130 Å². The molecule has 3 aromatic rings. The van der Waals surface area contributed by atoms with Crippen LogP contribution < -0.4 is 5.56 Å². The molecule has 1 aliphatic rings. The van der Waals surface area contributed by atoms with Crippen LogP contribution in [0, 0.1) is 0 Å². The number of carboxylic acids is 2. The van der Waals surface area contributed by atoms with E-state index < -0.39 is 35.1 Å². The Kier molecular flexibility index (Phi) is 5.14. The Balaban J connectivity index is 2.06. The number of allylic oxidation sites excluding steroid dienone is 2. The summed E-state index contributed by atoms with van der Waals surface area (Å²) >= 11 is 0. The number of aromatic nitrogens is 2. The predicted octanol–water partition coefficient (Wildman–Crippen LogP) is 2.83. The molecular weight excluding hydrogens is 412 g/mol. The molecule has 1 atom stereocenters. The van der Waals surface area contributed by atoms with Crippen LogP contribution in [-0.4, -0.2) is 36.8 Å². The molecule has 3 N–H and O–H groups in total. The van der Waals surface area contributed by atoms with E-state index in [1.54, 1.807) is 19.1 Å². The lowest BCUT2D eigenvalue weighted by Gasteiger charge is -2.31. The molecule has 8 heteroatoms. The number of carbonyl (C=O) groups is 2. The van der Waals surface area contributed by atoms with Gasteiger partial charge < -0.3 is 15.3 Å². The molecule has 2 heterocycles. The monoisotopic (exact) mass is 432 g/mol. The van der Waals surface area contributed by atoms with Crippen molar-refractivity contribution in [2.45, 2.75) is 25.3 Å². The van der Waals surface area contributed by atoms with E-state index in [-0.39, 0.29) is 28.7 Å². The lowest BCUT2D eigenvalue weighted by molar-refractivity contribution is -0.142. The third kappa shape index (κ3) is 3.35. The summed E-state index contributed by atoms with van der Waals surface area (Å²) < 4.78 is 1.31. The molecule has 4 rings (SSSR count). The molecule has 0 aliphatic heterocycles. The van der Waals surface area contributed by atoms with Crippen molar-refractivity contribution in [1.82, 2.24) is 9.55 Å². The number of aliphatic carboxylic acids is 2. The first kappa shape index (κ1) is 21.0. The van der Waals surface area contributed by atoms with Gasteiger partial charge in [-0.25, -0.2) is 9.78 Å². The Morgan fingerprint density at radius 3 is 2.50 bits per heavy atom. The van der Waals surface area contributed by atoms with E-state index in [2.05, 4.69) is 4.98 Å². The van der Waals surface area contributed by atoms with Gasteiger partial charge in [0.15, 0.2) is 0 Å². The largest absolute Gasteiger partial charge is 0.507 e. The van der Waals surface area contributed by atoms with Gasteiger partial charge in [0.25, 0.3) is 5.56 Å². The standard InChI is InChI=1S/C24H20N2O6/c1-14-10-16(22(29)30)12-24(11-14,23(31)32)18-19(27)17-8-5-9-25-20(17)26(21(18)28)13-15-6-3-2-4-7-15/h2-11,27H,12-13H2,1H3,(H,29,30)(H,31,32). The van der Waals surface area contributed by atoms with Gasteiger partial charge in [-0.3, -0.25) is 14.2 Å². The molecule has 1 aliphatic carbocycles. The quantitative estimate of drug-likeness (QED) is 0.565. The highest BCUT2D eigenvalue weighted by molar-refractivity contribution is 5.95. The molecule has 1 aromatic carbocycles. The van der Waals surface area contributed by atoms with Crippen LogP contribution in [0.3, 0.4) is 0 Å². The fraction of sp³-hybridized carbons (Fsp3) is 0.167. The van der Waals surface area contributed by atoms with Gasteiger partial charge in [-0.2, -0.15) is 0 Å². The highest BCUT2D eigenvalue weighted by Gasteiger charge is 2.47. The van der Waals surface area contributed by atoms with E-state index in [9.17, 15) is 29.7 Å². The Morgan fingerprint density at radius 1 is 1.12 bits per heavy atom. The van der Waals surface area contributed by atoms with Crippen molar-refractivity contribution in [3.63, 3.8) is 0 Å². The molecule has 8 nitrogen and oxygen atoms in total. The van der Waals surface area contributed by atoms with Gasteiger partial charge >= 0.3 is 11.9 Å². The molecule has 0 radical (unpaired) electrons. The van der Waals surface area contributed by atoms with E-state index in [0.29, 0.717) is 5.57 Å². The third-order valence-corrected chi connectivity index (χ3v) is 5.62. The van der Waals surface area contributed by atoms with E-state index in [4.69, 9.17) is 0 Å². The normalized spacial score (nSPS) is 18.2. The highest BCUT2D eigenvalue weighted by atomic mass is 16.4. The average molecular weight is 432 g/mol. The molecule has 32 heavy (non-hydrogen) atoms. The maximum Gasteiger partial charge on any atom is 0.331 e. The number of fused-ring (bicyclic) bond motifs is 1. The first-order valence-electron chi connectivity index (χ1n) is 9.86. The average Bonchev–Trinajstić information content (AvgIpc) is 2.77. The molecule has 1 unspecified atom stereocenters. The predicted molar refractivity (Wildman–Crippen MR) is 117 cm³/mol. The first-order valence-corrected chi connectivity index (χ1v) is 9.86. The molecule has 0 saturated heterocycles. The minimum absolute atomic E-state index is 0.0977. The highest BCUT2D eigenvalue weighted by Crippen LogP contribution is 2.42. The first-order chi connectivity index (χ1) is 15.2. The fourth-order valence-corrected chi connectivity index (χ4v) is 4.23. The van der Waals surface area contributed by atoms with E-state index in [1.165, 1.54) is 22.9 Å². The SMILES string of the molecule is CC1=CC(C(=O)O)(c2c(O)c3cccnc3n(Cc3ccccc3)c2=O)CC(C(=O)O)=C1. The van der Waals surface area contributed by atoms with Crippen LogP contribution in [0.15, 0.2) is 76.8 Å². The number of nitrogens with zero attached hydrogens (tertiary/aromatic N) is 2. The second kappa shape index (κ2) is 7.81. The maximum absolute atomic E-state index is 13.7. The molecule has 0 fully saturated rings. The zero-order valence-electron chi connectivity index (χ0n) is 17.1. The van der Waals surface area contributed by atoms with Crippen molar-refractivity contribution < 1.29 is 24.9 Å². The summed E-state index contributed by atoms with van der Waals surface area (Å²) in [6.45, 7) is 1.66. The van der Waals surface area contributed by atoms with Gasteiger partial charge in [0.1, 0.15) is 16.8 Å². The Bertz CT molecular complexity index is 1370. The molecule has 162 valence electrons. The second-order valence-corrected chi connectivity index (χ2v) is 7.79. The number of rotatable bonds is 5. The van der Waals surface area contributed by atoms with E-state index in [1.807, 2.05) is 30.3 Å². The Hall–Kier alpha value is -4.20. The van der Waals surface area contributed by atoms with Crippen LogP contribution in [0.1, 0.15) is 24.5 Å². The maximum atomic E-state index is 13.7. The van der Waals surface area contributed by atoms with Crippen LogP contribution in [0.4, 0.5) is 0 Å². The third-order valence-electron chi connectivity index (χ3n) is 5.62. The summed E-state index contributed by atoms with van der Waals surface area (Å²) in [5.41, 5.74) is -1.97. The van der Waals surface area contributed by atoms with Gasteiger partial charge in [0, 0.05) is 18.2 Å². The smallest absolute Gasteiger partial charge is 0.331 e. The van der Waals surface area contributed by atoms with Crippen molar-refractivity contribution in [2.75, 3.05) is 0 Å². The van der Waals surface area contributed by atoms with Crippen molar-refractivity contribution >= 4 is 23.0 Å². The van der Waals surface area contributed by atoms with E-state index in [0.717, 1.165) is 5.56 Å². The van der Waals surface area contributed by atoms with E-state index >= 15 is 0 Å². The summed E-state index contributed by atoms with van der Waals surface area (Å²) in [6, 6.07) is 12.2. The van der Waals surface area contributed by atoms with Crippen LogP contribution in [0.5, 0.6) is 5.75 Å². The molecule has 0 amide bonds. The van der Waals surface area contributed by atoms with Gasteiger partial charge in [-0.05, 0) is 30.7 Å².